The Hall–Kier alpha value is -2.14. The summed E-state index contributed by atoms with van der Waals surface area (Å²) < 4.78 is 74.4. The Bertz CT molecular complexity index is 569. The number of halogens is 6. The zero-order valence-corrected chi connectivity index (χ0v) is 10.7. The first-order valence-electron chi connectivity index (χ1n) is 5.70. The molecule has 124 valence electrons. The minimum Gasteiger partial charge on any atom is -0.358 e. The van der Waals surface area contributed by atoms with Crippen LogP contribution in [0.25, 0.3) is 0 Å². The maximum Gasteiger partial charge on any atom is 0.453 e. The van der Waals surface area contributed by atoms with Gasteiger partial charge in [0, 0.05) is 12.8 Å². The Balaban J connectivity index is 2.73. The molecule has 1 aromatic rings. The molecule has 0 radical (unpaired) electrons. The minimum absolute atomic E-state index is 0.569. The fourth-order valence-corrected chi connectivity index (χ4v) is 1.53. The highest BCUT2D eigenvalue weighted by atomic mass is 19.4. The standard InChI is InChI=1S/C10H9F6N3O3/c11-3-7-8(19(21)22)17-5-18(7)4-6(20)1-2-9(12,13)10(14,15)16/h5H,1-4H2. The second-order valence-corrected chi connectivity index (χ2v) is 4.27. The third-order valence-corrected chi connectivity index (χ3v) is 2.70. The Morgan fingerprint density at radius 2 is 1.91 bits per heavy atom. The highest BCUT2D eigenvalue weighted by Crippen LogP contribution is 2.38. The molecule has 0 fully saturated rings. The first-order valence-corrected chi connectivity index (χ1v) is 5.70. The third-order valence-electron chi connectivity index (χ3n) is 2.70. The van der Waals surface area contributed by atoms with E-state index in [1.165, 1.54) is 0 Å². The molecule has 1 aromatic heterocycles. The van der Waals surface area contributed by atoms with Gasteiger partial charge in [-0.25, -0.2) is 4.39 Å². The van der Waals surface area contributed by atoms with Crippen LogP contribution in [-0.2, 0) is 18.0 Å². The number of alkyl halides is 6. The number of aromatic nitrogens is 2. The molecule has 0 unspecified atom stereocenters. The second-order valence-electron chi connectivity index (χ2n) is 4.27. The number of nitrogens with zero attached hydrogens (tertiary/aromatic N) is 3. The summed E-state index contributed by atoms with van der Waals surface area (Å²) in [6.07, 6.45) is -7.90. The number of Topliss-reactive ketones (excluding diaryl/α,β-unsaturated/α-hetero) is 1. The molecule has 0 atom stereocenters. The third kappa shape index (κ3) is 3.95. The lowest BCUT2D eigenvalue weighted by Gasteiger charge is -2.18. The van der Waals surface area contributed by atoms with Crippen molar-refractivity contribution in [1.29, 1.82) is 0 Å². The number of nitro groups is 1. The summed E-state index contributed by atoms with van der Waals surface area (Å²) in [6.45, 7) is -2.13. The van der Waals surface area contributed by atoms with E-state index in [4.69, 9.17) is 0 Å². The molecule has 0 aliphatic rings. The number of carbonyl (C=O) groups excluding carboxylic acids is 1. The van der Waals surface area contributed by atoms with E-state index in [1.54, 1.807) is 0 Å². The Kier molecular flexibility index (Phi) is 5.14. The molecule has 0 saturated carbocycles. The van der Waals surface area contributed by atoms with Crippen molar-refractivity contribution >= 4 is 11.6 Å². The molecule has 1 rings (SSSR count). The summed E-state index contributed by atoms with van der Waals surface area (Å²) in [4.78, 5) is 24.1. The van der Waals surface area contributed by atoms with Crippen LogP contribution >= 0.6 is 0 Å². The molecule has 0 bridgehead atoms. The van der Waals surface area contributed by atoms with Crippen LogP contribution in [0.1, 0.15) is 18.5 Å². The van der Waals surface area contributed by atoms with Crippen LogP contribution in [0.5, 0.6) is 0 Å². The van der Waals surface area contributed by atoms with Crippen LogP contribution in [0, 0.1) is 10.1 Å². The van der Waals surface area contributed by atoms with Crippen LogP contribution in [0.15, 0.2) is 6.33 Å². The molecule has 0 spiro atoms. The van der Waals surface area contributed by atoms with Crippen molar-refractivity contribution in [2.45, 2.75) is 38.2 Å². The predicted molar refractivity (Wildman–Crippen MR) is 58.9 cm³/mol. The number of hydrogen-bond donors (Lipinski definition) is 0. The summed E-state index contributed by atoms with van der Waals surface area (Å²) in [6, 6.07) is 0. The van der Waals surface area contributed by atoms with Gasteiger partial charge >= 0.3 is 17.9 Å². The van der Waals surface area contributed by atoms with Gasteiger partial charge in [-0.15, -0.1) is 0 Å². The number of imidazole rings is 1. The summed E-state index contributed by atoms with van der Waals surface area (Å²) in [5, 5.41) is 10.5. The molecular formula is C10H9F6N3O3. The molecule has 12 heteroatoms. The number of ketones is 1. The van der Waals surface area contributed by atoms with Gasteiger partial charge in [-0.05, 0) is 9.91 Å². The van der Waals surface area contributed by atoms with E-state index in [-0.39, 0.29) is 0 Å². The predicted octanol–water partition coefficient (Wildman–Crippen LogP) is 2.81. The summed E-state index contributed by atoms with van der Waals surface area (Å²) in [5.41, 5.74) is -0.569. The molecule has 0 saturated heterocycles. The van der Waals surface area contributed by atoms with Crippen molar-refractivity contribution in [3.8, 4) is 0 Å². The first kappa shape index (κ1) is 17.9. The van der Waals surface area contributed by atoms with E-state index >= 15 is 0 Å². The zero-order chi connectivity index (χ0) is 17.1. The van der Waals surface area contributed by atoms with Crippen LogP contribution < -0.4 is 0 Å². The van der Waals surface area contributed by atoms with E-state index in [1.807, 2.05) is 0 Å². The SMILES string of the molecule is O=C(CCC(F)(F)C(F)(F)F)Cn1cnc([N+](=O)[O-])c1CF. The Morgan fingerprint density at radius 3 is 2.36 bits per heavy atom. The van der Waals surface area contributed by atoms with E-state index in [0.29, 0.717) is 4.57 Å². The molecule has 1 heterocycles. The maximum absolute atomic E-state index is 12.7. The largest absolute Gasteiger partial charge is 0.453 e. The average molecular weight is 333 g/mol. The molecule has 0 aliphatic carbocycles. The molecule has 0 aromatic carbocycles. The molecule has 22 heavy (non-hydrogen) atoms. The van der Waals surface area contributed by atoms with Crippen molar-refractivity contribution in [3.05, 3.63) is 22.1 Å². The number of carbonyl (C=O) groups is 1. The summed E-state index contributed by atoms with van der Waals surface area (Å²) >= 11 is 0. The van der Waals surface area contributed by atoms with Gasteiger partial charge < -0.3 is 10.1 Å². The summed E-state index contributed by atoms with van der Waals surface area (Å²) in [5.74, 6) is -6.94. The van der Waals surface area contributed by atoms with Gasteiger partial charge in [-0.1, -0.05) is 0 Å². The van der Waals surface area contributed by atoms with Crippen molar-refractivity contribution < 1.29 is 36.1 Å². The van der Waals surface area contributed by atoms with Crippen molar-refractivity contribution in [1.82, 2.24) is 9.55 Å². The van der Waals surface area contributed by atoms with Crippen molar-refractivity contribution in [2.75, 3.05) is 0 Å². The highest BCUT2D eigenvalue weighted by Gasteiger charge is 2.56. The normalized spacial score (nSPS) is 12.5. The van der Waals surface area contributed by atoms with E-state index in [0.717, 1.165) is 6.33 Å². The van der Waals surface area contributed by atoms with Crippen LogP contribution in [0.3, 0.4) is 0 Å². The quantitative estimate of drug-likeness (QED) is 0.437. The van der Waals surface area contributed by atoms with Gasteiger partial charge in [0.05, 0.1) is 6.54 Å². The number of hydrogen-bond acceptors (Lipinski definition) is 4. The Morgan fingerprint density at radius 1 is 1.32 bits per heavy atom. The van der Waals surface area contributed by atoms with Crippen LogP contribution in [0.2, 0.25) is 0 Å². The maximum atomic E-state index is 12.7. The highest BCUT2D eigenvalue weighted by molar-refractivity contribution is 5.78. The Labute approximate surface area is 118 Å². The van der Waals surface area contributed by atoms with E-state index < -0.39 is 60.4 Å². The van der Waals surface area contributed by atoms with E-state index in [9.17, 15) is 41.3 Å². The van der Waals surface area contributed by atoms with E-state index in [2.05, 4.69) is 4.98 Å². The van der Waals surface area contributed by atoms with Gasteiger partial charge in [-0.2, -0.15) is 22.0 Å². The fraction of sp³-hybridized carbons (Fsp3) is 0.600. The lowest BCUT2D eigenvalue weighted by Crippen LogP contribution is -2.36. The molecule has 0 aliphatic heterocycles. The lowest BCUT2D eigenvalue weighted by atomic mass is 10.1. The second kappa shape index (κ2) is 6.32. The topological polar surface area (TPSA) is 78.0 Å². The van der Waals surface area contributed by atoms with Gasteiger partial charge in [0.15, 0.2) is 11.5 Å². The van der Waals surface area contributed by atoms with Crippen LogP contribution in [-0.4, -0.2) is 32.4 Å². The lowest BCUT2D eigenvalue weighted by molar-refractivity contribution is -0.390. The van der Waals surface area contributed by atoms with Crippen molar-refractivity contribution in [3.63, 3.8) is 0 Å². The summed E-state index contributed by atoms with van der Waals surface area (Å²) in [7, 11) is 0. The zero-order valence-electron chi connectivity index (χ0n) is 10.7. The van der Waals surface area contributed by atoms with Crippen LogP contribution in [0.4, 0.5) is 32.2 Å². The average Bonchev–Trinajstić information content (AvgIpc) is 2.78. The molecule has 0 amide bonds. The van der Waals surface area contributed by atoms with Gasteiger partial charge in [0.2, 0.25) is 6.33 Å². The monoisotopic (exact) mass is 333 g/mol. The smallest absolute Gasteiger partial charge is 0.358 e. The van der Waals surface area contributed by atoms with Gasteiger partial charge in [0.1, 0.15) is 6.67 Å². The molecule has 6 nitrogen and oxygen atoms in total. The molecular weight excluding hydrogens is 324 g/mol. The van der Waals surface area contributed by atoms with Gasteiger partial charge in [-0.3, -0.25) is 9.36 Å². The fourth-order valence-electron chi connectivity index (χ4n) is 1.53. The first-order chi connectivity index (χ1) is 9.99. The van der Waals surface area contributed by atoms with Gasteiger partial charge in [0.25, 0.3) is 0 Å². The molecule has 0 N–H and O–H groups in total. The number of rotatable bonds is 7. The minimum atomic E-state index is -5.77. The van der Waals surface area contributed by atoms with Crippen molar-refractivity contribution in [2.24, 2.45) is 0 Å².